The summed E-state index contributed by atoms with van der Waals surface area (Å²) in [7, 11) is 1.22. The number of carbonyl (C=O) groups excluding carboxylic acids is 2. The summed E-state index contributed by atoms with van der Waals surface area (Å²) in [5.41, 5.74) is 1.76. The second-order valence-corrected chi connectivity index (χ2v) is 5.58. The van der Waals surface area contributed by atoms with Crippen LogP contribution in [0.1, 0.15) is 16.1 Å². The molecule has 0 aliphatic rings. The van der Waals surface area contributed by atoms with Crippen molar-refractivity contribution >= 4 is 22.9 Å². The van der Waals surface area contributed by atoms with Crippen molar-refractivity contribution in [3.63, 3.8) is 0 Å². The topological polar surface area (TPSA) is 81.2 Å². The fourth-order valence-electron chi connectivity index (χ4n) is 2.52. The van der Waals surface area contributed by atoms with Crippen molar-refractivity contribution in [2.45, 2.75) is 12.5 Å². The molecule has 1 aromatic heterocycles. The summed E-state index contributed by atoms with van der Waals surface area (Å²) in [6, 6.07) is 11.8. The smallest absolute Gasteiger partial charge is 0.328 e. The van der Waals surface area contributed by atoms with Crippen LogP contribution in [0.4, 0.5) is 4.39 Å². The SMILES string of the molecule is COC(=O)[C@@H](Cc1cnc2ccccc2n1)NC(=O)c1ccccc1F. The average Bonchev–Trinajstić information content (AvgIpc) is 2.67. The van der Waals surface area contributed by atoms with Gasteiger partial charge in [-0.3, -0.25) is 9.78 Å². The molecule has 0 saturated carbocycles. The van der Waals surface area contributed by atoms with Crippen LogP contribution in [0.25, 0.3) is 11.0 Å². The number of aromatic nitrogens is 2. The number of hydrogen-bond donors (Lipinski definition) is 1. The van der Waals surface area contributed by atoms with Gasteiger partial charge in [-0.05, 0) is 24.3 Å². The van der Waals surface area contributed by atoms with Gasteiger partial charge in [-0.25, -0.2) is 14.2 Å². The van der Waals surface area contributed by atoms with Crippen molar-refractivity contribution in [3.8, 4) is 0 Å². The molecule has 0 spiro atoms. The Morgan fingerprint density at radius 1 is 1.12 bits per heavy atom. The molecule has 0 radical (unpaired) electrons. The molecule has 7 heteroatoms. The van der Waals surface area contributed by atoms with Crippen LogP contribution in [0.15, 0.2) is 54.7 Å². The number of ether oxygens (including phenoxy) is 1. The molecule has 2 aromatic carbocycles. The number of fused-ring (bicyclic) bond motifs is 1. The van der Waals surface area contributed by atoms with Crippen LogP contribution in [0.2, 0.25) is 0 Å². The van der Waals surface area contributed by atoms with Gasteiger partial charge < -0.3 is 10.1 Å². The molecule has 0 bridgehead atoms. The van der Waals surface area contributed by atoms with E-state index in [1.54, 1.807) is 12.1 Å². The Morgan fingerprint density at radius 3 is 2.54 bits per heavy atom. The van der Waals surface area contributed by atoms with Crippen LogP contribution in [0, 0.1) is 5.82 Å². The van der Waals surface area contributed by atoms with Crippen molar-refractivity contribution < 1.29 is 18.7 Å². The second-order valence-electron chi connectivity index (χ2n) is 5.58. The van der Waals surface area contributed by atoms with E-state index in [1.165, 1.54) is 31.5 Å². The Balaban J connectivity index is 1.82. The van der Waals surface area contributed by atoms with Gasteiger partial charge in [0.15, 0.2) is 0 Å². The maximum Gasteiger partial charge on any atom is 0.328 e. The highest BCUT2D eigenvalue weighted by Crippen LogP contribution is 2.11. The minimum absolute atomic E-state index is 0.0741. The van der Waals surface area contributed by atoms with Gasteiger partial charge in [0.05, 0.1) is 29.4 Å². The van der Waals surface area contributed by atoms with E-state index in [1.807, 2.05) is 18.2 Å². The number of benzene rings is 2. The van der Waals surface area contributed by atoms with Crippen LogP contribution >= 0.6 is 0 Å². The zero-order valence-corrected chi connectivity index (χ0v) is 14.0. The molecule has 26 heavy (non-hydrogen) atoms. The molecule has 1 heterocycles. The van der Waals surface area contributed by atoms with E-state index in [0.717, 1.165) is 5.52 Å². The van der Waals surface area contributed by atoms with Gasteiger partial charge in [0, 0.05) is 12.6 Å². The number of halogens is 1. The molecule has 6 nitrogen and oxygen atoms in total. The first-order valence-electron chi connectivity index (χ1n) is 7.92. The summed E-state index contributed by atoms with van der Waals surface area (Å²) in [6.45, 7) is 0. The first-order chi connectivity index (χ1) is 12.6. The van der Waals surface area contributed by atoms with Crippen molar-refractivity contribution in [1.29, 1.82) is 0 Å². The van der Waals surface area contributed by atoms with Gasteiger partial charge >= 0.3 is 5.97 Å². The zero-order chi connectivity index (χ0) is 18.5. The molecule has 3 rings (SSSR count). The molecule has 0 fully saturated rings. The van der Waals surface area contributed by atoms with E-state index in [4.69, 9.17) is 4.74 Å². The quantitative estimate of drug-likeness (QED) is 0.712. The minimum Gasteiger partial charge on any atom is -0.467 e. The number of nitrogens with zero attached hydrogens (tertiary/aromatic N) is 2. The highest BCUT2D eigenvalue weighted by Gasteiger charge is 2.24. The summed E-state index contributed by atoms with van der Waals surface area (Å²) >= 11 is 0. The maximum atomic E-state index is 13.8. The number of methoxy groups -OCH3 is 1. The number of para-hydroxylation sites is 2. The Labute approximate surface area is 149 Å². The Bertz CT molecular complexity index is 961. The predicted octanol–water partition coefficient (Wildman–Crippen LogP) is 2.28. The lowest BCUT2D eigenvalue weighted by Crippen LogP contribution is -2.43. The fourth-order valence-corrected chi connectivity index (χ4v) is 2.52. The predicted molar refractivity (Wildman–Crippen MR) is 92.9 cm³/mol. The summed E-state index contributed by atoms with van der Waals surface area (Å²) in [5, 5.41) is 2.50. The second kappa shape index (κ2) is 7.69. The molecule has 1 N–H and O–H groups in total. The Hall–Kier alpha value is -3.35. The Morgan fingerprint density at radius 2 is 1.81 bits per heavy atom. The van der Waals surface area contributed by atoms with Crippen LogP contribution in [-0.4, -0.2) is 35.0 Å². The number of amides is 1. The van der Waals surface area contributed by atoms with Gasteiger partial charge in [0.25, 0.3) is 5.91 Å². The summed E-state index contributed by atoms with van der Waals surface area (Å²) < 4.78 is 18.5. The van der Waals surface area contributed by atoms with Crippen LogP contribution in [0.3, 0.4) is 0 Å². The standard InChI is InChI=1S/C19H16FN3O3/c1-26-19(25)17(23-18(24)13-6-2-3-7-14(13)20)10-12-11-21-15-8-4-5-9-16(15)22-12/h2-9,11,17H,10H2,1H3,(H,23,24)/t17-/m1/s1. The molecule has 0 aliphatic heterocycles. The van der Waals surface area contributed by atoms with Crippen molar-refractivity contribution in [2.75, 3.05) is 7.11 Å². The first kappa shape index (κ1) is 17.5. The third kappa shape index (κ3) is 3.83. The lowest BCUT2D eigenvalue weighted by Gasteiger charge is -2.16. The van der Waals surface area contributed by atoms with E-state index >= 15 is 0 Å². The van der Waals surface area contributed by atoms with Gasteiger partial charge in [0.2, 0.25) is 0 Å². The lowest BCUT2D eigenvalue weighted by atomic mass is 10.1. The van der Waals surface area contributed by atoms with E-state index in [-0.39, 0.29) is 12.0 Å². The molecule has 1 amide bonds. The van der Waals surface area contributed by atoms with Gasteiger partial charge in [-0.2, -0.15) is 0 Å². The van der Waals surface area contributed by atoms with E-state index in [2.05, 4.69) is 15.3 Å². The molecule has 132 valence electrons. The molecule has 0 aliphatic carbocycles. The number of carbonyl (C=O) groups is 2. The lowest BCUT2D eigenvalue weighted by molar-refractivity contribution is -0.142. The van der Waals surface area contributed by atoms with Crippen LogP contribution in [0.5, 0.6) is 0 Å². The monoisotopic (exact) mass is 353 g/mol. The van der Waals surface area contributed by atoms with E-state index < -0.39 is 23.7 Å². The highest BCUT2D eigenvalue weighted by molar-refractivity contribution is 5.97. The van der Waals surface area contributed by atoms with Crippen LogP contribution in [-0.2, 0) is 16.0 Å². The van der Waals surface area contributed by atoms with E-state index in [0.29, 0.717) is 11.2 Å². The summed E-state index contributed by atoms with van der Waals surface area (Å²) in [5.74, 6) is -2.02. The number of hydrogen-bond acceptors (Lipinski definition) is 5. The van der Waals surface area contributed by atoms with Crippen molar-refractivity contribution in [3.05, 3.63) is 71.8 Å². The number of esters is 1. The van der Waals surface area contributed by atoms with Crippen molar-refractivity contribution in [1.82, 2.24) is 15.3 Å². The Kier molecular flexibility index (Phi) is 5.17. The first-order valence-corrected chi connectivity index (χ1v) is 7.92. The minimum atomic E-state index is -1.01. The van der Waals surface area contributed by atoms with Gasteiger partial charge in [-0.15, -0.1) is 0 Å². The maximum absolute atomic E-state index is 13.8. The number of rotatable bonds is 5. The molecular weight excluding hydrogens is 337 g/mol. The zero-order valence-electron chi connectivity index (χ0n) is 14.0. The summed E-state index contributed by atoms with van der Waals surface area (Å²) in [6.07, 6.45) is 1.61. The normalized spacial score (nSPS) is 11.8. The summed E-state index contributed by atoms with van der Waals surface area (Å²) in [4.78, 5) is 33.1. The largest absolute Gasteiger partial charge is 0.467 e. The average molecular weight is 353 g/mol. The molecule has 0 unspecified atom stereocenters. The third-order valence-corrected chi connectivity index (χ3v) is 3.82. The molecule has 3 aromatic rings. The highest BCUT2D eigenvalue weighted by atomic mass is 19.1. The molecule has 1 atom stereocenters. The van der Waals surface area contributed by atoms with Crippen LogP contribution < -0.4 is 5.32 Å². The van der Waals surface area contributed by atoms with Crippen molar-refractivity contribution in [2.24, 2.45) is 0 Å². The van der Waals surface area contributed by atoms with E-state index in [9.17, 15) is 14.0 Å². The molecular formula is C19H16FN3O3. The third-order valence-electron chi connectivity index (χ3n) is 3.82. The van der Waals surface area contributed by atoms with Gasteiger partial charge in [-0.1, -0.05) is 24.3 Å². The fraction of sp³-hybridized carbons (Fsp3) is 0.158. The van der Waals surface area contributed by atoms with Gasteiger partial charge in [0.1, 0.15) is 11.9 Å². The number of nitrogens with one attached hydrogen (secondary N) is 1. The molecule has 0 saturated heterocycles.